The van der Waals surface area contributed by atoms with Gasteiger partial charge in [0.1, 0.15) is 6.04 Å². The van der Waals surface area contributed by atoms with E-state index in [4.69, 9.17) is 5.73 Å². The molecule has 0 spiro atoms. The van der Waals surface area contributed by atoms with Gasteiger partial charge in [0.05, 0.1) is 18.2 Å². The largest absolute Gasteiger partial charge is 0.368 e. The summed E-state index contributed by atoms with van der Waals surface area (Å²) >= 11 is 2.12. The van der Waals surface area contributed by atoms with Crippen molar-refractivity contribution < 1.29 is 9.59 Å². The molecule has 1 saturated heterocycles. The Kier molecular flexibility index (Phi) is 4.59. The van der Waals surface area contributed by atoms with Crippen molar-refractivity contribution in [2.75, 3.05) is 0 Å². The van der Waals surface area contributed by atoms with E-state index in [0.29, 0.717) is 5.57 Å². The maximum Gasteiger partial charge on any atom is 0.240 e. The minimum absolute atomic E-state index is 0.167. The molecule has 7 heteroatoms. The van der Waals surface area contributed by atoms with Crippen LogP contribution >= 0.6 is 22.6 Å². The Morgan fingerprint density at radius 1 is 1.27 bits per heavy atom. The molecule has 0 aromatic heterocycles. The Bertz CT molecular complexity index is 924. The second kappa shape index (κ2) is 6.58. The van der Waals surface area contributed by atoms with Gasteiger partial charge in [-0.1, -0.05) is 30.4 Å². The predicted octanol–water partition coefficient (Wildman–Crippen LogP) is 1.99. The smallest absolute Gasteiger partial charge is 0.240 e. The molecule has 1 aromatic carbocycles. The second-order valence-electron chi connectivity index (χ2n) is 6.33. The third kappa shape index (κ3) is 2.51. The number of hydrogen-bond donors (Lipinski definition) is 1. The van der Waals surface area contributed by atoms with Gasteiger partial charge in [-0.3, -0.25) is 9.59 Å². The lowest BCUT2D eigenvalue weighted by Gasteiger charge is -2.30. The third-order valence-electron chi connectivity index (χ3n) is 4.97. The number of allylic oxidation sites excluding steroid dienone is 2. The summed E-state index contributed by atoms with van der Waals surface area (Å²) in [7, 11) is 0. The van der Waals surface area contributed by atoms with Gasteiger partial charge in [0.25, 0.3) is 0 Å². The van der Waals surface area contributed by atoms with E-state index >= 15 is 0 Å². The molecule has 0 saturated carbocycles. The summed E-state index contributed by atoms with van der Waals surface area (Å²) in [4.78, 5) is 25.7. The molecule has 6 nitrogen and oxygen atoms in total. The van der Waals surface area contributed by atoms with Crippen molar-refractivity contribution in [3.8, 4) is 12.1 Å². The fraction of sp³-hybridized carbons (Fsp3) is 0.263. The number of nitrogens with zero attached hydrogens (tertiary/aromatic N) is 3. The van der Waals surface area contributed by atoms with Gasteiger partial charge in [0, 0.05) is 21.3 Å². The van der Waals surface area contributed by atoms with Crippen LogP contribution in [-0.4, -0.2) is 28.7 Å². The first-order chi connectivity index (χ1) is 12.4. The van der Waals surface area contributed by atoms with Gasteiger partial charge in [-0.2, -0.15) is 10.5 Å². The first-order valence-electron chi connectivity index (χ1n) is 7.92. The maximum absolute atomic E-state index is 12.4. The Morgan fingerprint density at radius 3 is 2.46 bits per heavy atom. The number of nitriles is 2. The Balaban J connectivity index is 2.28. The molecule has 1 aromatic rings. The van der Waals surface area contributed by atoms with Crippen molar-refractivity contribution >= 4 is 34.3 Å². The van der Waals surface area contributed by atoms with Gasteiger partial charge >= 0.3 is 0 Å². The highest BCUT2D eigenvalue weighted by Gasteiger charge is 2.62. The van der Waals surface area contributed by atoms with Gasteiger partial charge in [-0.15, -0.1) is 0 Å². The molecule has 3 unspecified atom stereocenters. The molecular formula is C19H15IN4O2. The van der Waals surface area contributed by atoms with Crippen LogP contribution in [0.2, 0.25) is 0 Å². The van der Waals surface area contributed by atoms with E-state index in [9.17, 15) is 20.1 Å². The highest BCUT2D eigenvalue weighted by Crippen LogP contribution is 2.53. The van der Waals surface area contributed by atoms with Crippen LogP contribution in [-0.2, 0) is 9.59 Å². The summed E-state index contributed by atoms with van der Waals surface area (Å²) in [6.07, 6.45) is 4.79. The van der Waals surface area contributed by atoms with Crippen LogP contribution in [0.25, 0.3) is 0 Å². The van der Waals surface area contributed by atoms with E-state index in [0.717, 1.165) is 9.13 Å². The van der Waals surface area contributed by atoms with Gasteiger partial charge < -0.3 is 10.6 Å². The van der Waals surface area contributed by atoms with Crippen LogP contribution in [0.15, 0.2) is 48.2 Å². The Labute approximate surface area is 164 Å². The first kappa shape index (κ1) is 18.2. The van der Waals surface area contributed by atoms with Crippen molar-refractivity contribution in [1.82, 2.24) is 4.90 Å². The molecule has 2 heterocycles. The van der Waals surface area contributed by atoms with Crippen molar-refractivity contribution in [3.05, 3.63) is 57.3 Å². The summed E-state index contributed by atoms with van der Waals surface area (Å²) < 4.78 is 0.843. The number of halogens is 1. The number of Topliss-reactive ketones (excluding diaryl/α,β-unsaturated/α-hetero) is 1. The molecule has 2 aliphatic heterocycles. The zero-order chi connectivity index (χ0) is 19.1. The lowest BCUT2D eigenvalue weighted by molar-refractivity contribution is -0.122. The third-order valence-corrected chi connectivity index (χ3v) is 5.95. The van der Waals surface area contributed by atoms with Crippen molar-refractivity contribution in [3.63, 3.8) is 0 Å². The molecule has 0 bridgehead atoms. The lowest BCUT2D eigenvalue weighted by atomic mass is 9.70. The Morgan fingerprint density at radius 2 is 1.92 bits per heavy atom. The highest BCUT2D eigenvalue weighted by atomic mass is 127. The van der Waals surface area contributed by atoms with Gasteiger partial charge in [-0.05, 0) is 41.1 Å². The number of rotatable bonds is 3. The van der Waals surface area contributed by atoms with Crippen LogP contribution in [0.4, 0.5) is 0 Å². The van der Waals surface area contributed by atoms with Crippen molar-refractivity contribution in [2.45, 2.75) is 24.9 Å². The number of carbonyl (C=O) groups excluding carboxylic acids is 2. The lowest BCUT2D eigenvalue weighted by Crippen LogP contribution is -2.43. The van der Waals surface area contributed by atoms with Crippen molar-refractivity contribution in [1.29, 1.82) is 10.5 Å². The summed E-state index contributed by atoms with van der Waals surface area (Å²) in [5.41, 5.74) is 5.32. The standard InChI is InChI=1S/C19H15IN4O2/c1-11(25)12-6-7-15-19(9-21,10-22)16(13-4-2-3-5-14(13)20)17(18(23)26)24(15)8-12/h2-8,15-17H,1H3,(H2,23,26). The van der Waals surface area contributed by atoms with E-state index in [1.165, 1.54) is 6.92 Å². The molecule has 0 aliphatic carbocycles. The number of nitrogens with two attached hydrogens (primary N) is 1. The summed E-state index contributed by atoms with van der Waals surface area (Å²) in [5, 5.41) is 20.0. The summed E-state index contributed by atoms with van der Waals surface area (Å²) in [6.45, 7) is 1.42. The average molecular weight is 458 g/mol. The minimum Gasteiger partial charge on any atom is -0.368 e. The molecule has 3 atom stereocenters. The SMILES string of the molecule is CC(=O)C1=CN2C(C(N)=O)C(c3ccccc3I)C(C#N)(C#N)C2C=C1. The van der Waals surface area contributed by atoms with Gasteiger partial charge in [0.2, 0.25) is 5.91 Å². The molecule has 26 heavy (non-hydrogen) atoms. The minimum atomic E-state index is -1.50. The quantitative estimate of drug-likeness (QED) is 0.697. The van der Waals surface area contributed by atoms with E-state index in [-0.39, 0.29) is 5.78 Å². The number of ketones is 1. The highest BCUT2D eigenvalue weighted by molar-refractivity contribution is 14.1. The van der Waals surface area contributed by atoms with E-state index in [2.05, 4.69) is 34.7 Å². The fourth-order valence-electron chi connectivity index (χ4n) is 3.78. The normalized spacial score (nSPS) is 25.6. The van der Waals surface area contributed by atoms with Gasteiger partial charge in [0.15, 0.2) is 11.2 Å². The first-order valence-corrected chi connectivity index (χ1v) is 9.00. The van der Waals surface area contributed by atoms with Crippen molar-refractivity contribution in [2.24, 2.45) is 11.1 Å². The second-order valence-corrected chi connectivity index (χ2v) is 7.49. The Hall–Kier alpha value is -2.65. The monoisotopic (exact) mass is 458 g/mol. The molecule has 1 amide bonds. The topological polar surface area (TPSA) is 111 Å². The summed E-state index contributed by atoms with van der Waals surface area (Å²) in [5.74, 6) is -1.54. The van der Waals surface area contributed by atoms with Crippen LogP contribution in [0, 0.1) is 31.6 Å². The molecule has 0 radical (unpaired) electrons. The van der Waals surface area contributed by atoms with E-state index in [1.807, 2.05) is 18.2 Å². The number of hydrogen-bond acceptors (Lipinski definition) is 5. The number of amides is 1. The summed E-state index contributed by atoms with van der Waals surface area (Å²) in [6, 6.07) is 10.0. The molecular weight excluding hydrogens is 443 g/mol. The number of primary amides is 1. The maximum atomic E-state index is 12.4. The van der Waals surface area contributed by atoms with Crippen LogP contribution in [0.5, 0.6) is 0 Å². The average Bonchev–Trinajstić information content (AvgIpc) is 2.92. The molecule has 3 rings (SSSR count). The molecule has 130 valence electrons. The van der Waals surface area contributed by atoms with Crippen LogP contribution in [0.1, 0.15) is 18.4 Å². The van der Waals surface area contributed by atoms with E-state index in [1.54, 1.807) is 29.3 Å². The van der Waals surface area contributed by atoms with E-state index < -0.39 is 29.3 Å². The molecule has 1 fully saturated rings. The number of benzene rings is 1. The molecule has 2 N–H and O–H groups in total. The fourth-order valence-corrected chi connectivity index (χ4v) is 4.50. The van der Waals surface area contributed by atoms with Crippen LogP contribution in [0.3, 0.4) is 0 Å². The number of carbonyl (C=O) groups is 2. The zero-order valence-electron chi connectivity index (χ0n) is 13.9. The molecule has 2 aliphatic rings. The zero-order valence-corrected chi connectivity index (χ0v) is 16.0. The number of fused-ring (bicyclic) bond motifs is 1. The predicted molar refractivity (Wildman–Crippen MR) is 102 cm³/mol. The van der Waals surface area contributed by atoms with Crippen LogP contribution < -0.4 is 5.73 Å². The van der Waals surface area contributed by atoms with Gasteiger partial charge in [-0.25, -0.2) is 0 Å².